The fraction of sp³-hybridized carbons (Fsp3) is 0.0385. The van der Waals surface area contributed by atoms with Crippen molar-refractivity contribution in [3.8, 4) is 28.4 Å². The topological polar surface area (TPSA) is 35.5 Å². The highest BCUT2D eigenvalue weighted by Gasteiger charge is 2.09. The molecule has 0 unspecified atom stereocenters. The molecule has 0 heterocycles. The largest absolute Gasteiger partial charge is 0.457 e. The summed E-state index contributed by atoms with van der Waals surface area (Å²) in [6.45, 7) is 2.05. The molecule has 4 aromatic rings. The molecule has 0 spiro atoms. The van der Waals surface area contributed by atoms with Gasteiger partial charge in [-0.1, -0.05) is 60.2 Å². The van der Waals surface area contributed by atoms with E-state index in [9.17, 15) is 4.79 Å². The molecule has 0 aliphatic carbocycles. The van der Waals surface area contributed by atoms with Crippen LogP contribution in [0.3, 0.4) is 0 Å². The molecule has 0 N–H and O–H groups in total. The second-order valence-corrected chi connectivity index (χ2v) is 6.72. The van der Waals surface area contributed by atoms with E-state index in [1.54, 1.807) is 24.3 Å². The van der Waals surface area contributed by atoms with Crippen LogP contribution < -0.4 is 9.47 Å². The zero-order chi connectivity index (χ0) is 20.1. The van der Waals surface area contributed by atoms with Crippen LogP contribution in [-0.4, -0.2) is 5.97 Å². The predicted molar refractivity (Wildman–Crippen MR) is 115 cm³/mol. The van der Waals surface area contributed by atoms with Crippen molar-refractivity contribution in [2.45, 2.75) is 6.92 Å². The third kappa shape index (κ3) is 4.71. The number of carbonyl (C=O) groups is 1. The summed E-state index contributed by atoms with van der Waals surface area (Å²) in [5.74, 6) is 1.75. The third-order valence-corrected chi connectivity index (χ3v) is 4.52. The first-order valence-corrected chi connectivity index (χ1v) is 9.40. The molecule has 29 heavy (non-hydrogen) atoms. The lowest BCUT2D eigenvalue weighted by molar-refractivity contribution is 0.0735. The van der Waals surface area contributed by atoms with Crippen molar-refractivity contribution in [3.63, 3.8) is 0 Å². The fourth-order valence-corrected chi connectivity index (χ4v) is 2.91. The molecule has 0 amide bonds. The Hall–Kier alpha value is -3.85. The Bertz CT molecular complexity index is 1080. The number of hydrogen-bond acceptors (Lipinski definition) is 3. The first-order chi connectivity index (χ1) is 14.2. The zero-order valence-electron chi connectivity index (χ0n) is 16.0. The van der Waals surface area contributed by atoms with Crippen LogP contribution in [0.2, 0.25) is 0 Å². The van der Waals surface area contributed by atoms with Gasteiger partial charge in [-0.05, 0) is 66.6 Å². The summed E-state index contributed by atoms with van der Waals surface area (Å²) < 4.78 is 11.2. The summed E-state index contributed by atoms with van der Waals surface area (Å²) in [6, 6.07) is 32.3. The van der Waals surface area contributed by atoms with Gasteiger partial charge in [-0.2, -0.15) is 0 Å². The maximum atomic E-state index is 12.3. The summed E-state index contributed by atoms with van der Waals surface area (Å²) in [7, 11) is 0. The van der Waals surface area contributed by atoms with Gasteiger partial charge in [0.1, 0.15) is 17.2 Å². The van der Waals surface area contributed by atoms with Crippen LogP contribution in [0, 0.1) is 6.92 Å². The molecule has 0 aliphatic heterocycles. The second kappa shape index (κ2) is 8.44. The second-order valence-electron chi connectivity index (χ2n) is 6.72. The molecule has 3 nitrogen and oxygen atoms in total. The van der Waals surface area contributed by atoms with Gasteiger partial charge in [0.25, 0.3) is 0 Å². The van der Waals surface area contributed by atoms with E-state index in [0.29, 0.717) is 11.3 Å². The van der Waals surface area contributed by atoms with E-state index in [1.165, 1.54) is 5.56 Å². The number of esters is 1. The molecule has 0 atom stereocenters. The molecule has 0 radical (unpaired) electrons. The van der Waals surface area contributed by atoms with Crippen LogP contribution in [0.1, 0.15) is 15.9 Å². The van der Waals surface area contributed by atoms with E-state index in [0.717, 1.165) is 22.6 Å². The van der Waals surface area contributed by atoms with Gasteiger partial charge in [0.05, 0.1) is 5.56 Å². The van der Waals surface area contributed by atoms with Crippen molar-refractivity contribution >= 4 is 5.97 Å². The number of para-hydroxylation sites is 1. The fourth-order valence-electron chi connectivity index (χ4n) is 2.91. The van der Waals surface area contributed by atoms with Crippen molar-refractivity contribution in [2.24, 2.45) is 0 Å². The van der Waals surface area contributed by atoms with Gasteiger partial charge in [-0.3, -0.25) is 0 Å². The standard InChI is InChI=1S/C26H20O3/c1-19-7-15-24(16-8-19)28-25-17-13-21(14-18-25)20-9-11-22(12-10-20)26(27)29-23-5-3-2-4-6-23/h2-18H,1H3. The molecule has 0 fully saturated rings. The Morgan fingerprint density at radius 3 is 1.69 bits per heavy atom. The van der Waals surface area contributed by atoms with E-state index < -0.39 is 0 Å². The van der Waals surface area contributed by atoms with Gasteiger partial charge >= 0.3 is 5.97 Å². The molecule has 4 rings (SSSR count). The van der Waals surface area contributed by atoms with Gasteiger partial charge in [0.2, 0.25) is 0 Å². The first kappa shape index (κ1) is 18.5. The van der Waals surface area contributed by atoms with Crippen molar-refractivity contribution in [1.82, 2.24) is 0 Å². The Morgan fingerprint density at radius 2 is 1.10 bits per heavy atom. The molecular formula is C26H20O3. The summed E-state index contributed by atoms with van der Waals surface area (Å²) in [4.78, 5) is 12.3. The van der Waals surface area contributed by atoms with Gasteiger partial charge in [0.15, 0.2) is 0 Å². The molecule has 0 aromatic heterocycles. The SMILES string of the molecule is Cc1ccc(Oc2ccc(-c3ccc(C(=O)Oc4ccccc4)cc3)cc2)cc1. The maximum Gasteiger partial charge on any atom is 0.343 e. The Labute approximate surface area is 170 Å². The van der Waals surface area contributed by atoms with Crippen LogP contribution in [0.4, 0.5) is 0 Å². The number of carbonyl (C=O) groups excluding carboxylic acids is 1. The molecule has 4 aromatic carbocycles. The quantitative estimate of drug-likeness (QED) is 0.286. The molecule has 142 valence electrons. The lowest BCUT2D eigenvalue weighted by atomic mass is 10.0. The first-order valence-electron chi connectivity index (χ1n) is 9.40. The van der Waals surface area contributed by atoms with Crippen LogP contribution in [0.25, 0.3) is 11.1 Å². The highest BCUT2D eigenvalue weighted by molar-refractivity contribution is 5.91. The van der Waals surface area contributed by atoms with Crippen molar-refractivity contribution in [1.29, 1.82) is 0 Å². The van der Waals surface area contributed by atoms with Crippen molar-refractivity contribution in [3.05, 3.63) is 114 Å². The van der Waals surface area contributed by atoms with Gasteiger partial charge < -0.3 is 9.47 Å². The lowest BCUT2D eigenvalue weighted by Gasteiger charge is -2.08. The molecule has 0 saturated heterocycles. The lowest BCUT2D eigenvalue weighted by Crippen LogP contribution is -2.08. The van der Waals surface area contributed by atoms with E-state index >= 15 is 0 Å². The van der Waals surface area contributed by atoms with Gasteiger partial charge in [-0.25, -0.2) is 4.79 Å². The highest BCUT2D eigenvalue weighted by atomic mass is 16.5. The van der Waals surface area contributed by atoms with Crippen LogP contribution in [0.5, 0.6) is 17.2 Å². The zero-order valence-corrected chi connectivity index (χ0v) is 16.0. The average Bonchev–Trinajstić information content (AvgIpc) is 2.77. The summed E-state index contributed by atoms with van der Waals surface area (Å²) in [5, 5.41) is 0. The Morgan fingerprint density at radius 1 is 0.586 bits per heavy atom. The van der Waals surface area contributed by atoms with Gasteiger partial charge in [-0.15, -0.1) is 0 Å². The van der Waals surface area contributed by atoms with Crippen LogP contribution in [-0.2, 0) is 0 Å². The molecule has 3 heteroatoms. The minimum atomic E-state index is -0.371. The number of ether oxygens (including phenoxy) is 2. The van der Waals surface area contributed by atoms with E-state index in [2.05, 4.69) is 0 Å². The van der Waals surface area contributed by atoms with Crippen molar-refractivity contribution in [2.75, 3.05) is 0 Å². The molecule has 0 bridgehead atoms. The van der Waals surface area contributed by atoms with Gasteiger partial charge in [0, 0.05) is 0 Å². The number of aryl methyl sites for hydroxylation is 1. The number of benzene rings is 4. The predicted octanol–water partition coefficient (Wildman–Crippen LogP) is 6.67. The molecule has 0 saturated carbocycles. The minimum absolute atomic E-state index is 0.371. The normalized spacial score (nSPS) is 10.4. The van der Waals surface area contributed by atoms with E-state index in [1.807, 2.05) is 85.8 Å². The Kier molecular flexibility index (Phi) is 5.39. The van der Waals surface area contributed by atoms with E-state index in [-0.39, 0.29) is 5.97 Å². The number of hydrogen-bond donors (Lipinski definition) is 0. The third-order valence-electron chi connectivity index (χ3n) is 4.52. The summed E-state index contributed by atoms with van der Waals surface area (Å²) in [5.41, 5.74) is 3.77. The van der Waals surface area contributed by atoms with Crippen LogP contribution >= 0.6 is 0 Å². The number of rotatable bonds is 5. The van der Waals surface area contributed by atoms with Crippen molar-refractivity contribution < 1.29 is 14.3 Å². The average molecular weight is 380 g/mol. The monoisotopic (exact) mass is 380 g/mol. The van der Waals surface area contributed by atoms with Crippen LogP contribution in [0.15, 0.2) is 103 Å². The highest BCUT2D eigenvalue weighted by Crippen LogP contribution is 2.26. The smallest absolute Gasteiger partial charge is 0.343 e. The molecule has 0 aliphatic rings. The summed E-state index contributed by atoms with van der Waals surface area (Å²) in [6.07, 6.45) is 0. The maximum absolute atomic E-state index is 12.3. The summed E-state index contributed by atoms with van der Waals surface area (Å²) >= 11 is 0. The van der Waals surface area contributed by atoms with E-state index in [4.69, 9.17) is 9.47 Å². The Balaban J connectivity index is 1.43. The molecular weight excluding hydrogens is 360 g/mol. The minimum Gasteiger partial charge on any atom is -0.457 e.